The van der Waals surface area contributed by atoms with Crippen LogP contribution in [0.5, 0.6) is 0 Å². The average molecular weight is 1490 g/mol. The highest BCUT2D eigenvalue weighted by molar-refractivity contribution is 5.90. The van der Waals surface area contributed by atoms with Crippen molar-refractivity contribution in [2.45, 2.75) is 209 Å². The molecule has 1 saturated carbocycles. The first-order chi connectivity index (χ1) is 49.9. The molecular formula is C58H71BN21O26. The Morgan fingerprint density at radius 2 is 0.736 bits per heavy atom. The maximum Gasteiger partial charge on any atom is 0.338 e. The van der Waals surface area contributed by atoms with Crippen molar-refractivity contribution in [3.63, 3.8) is 0 Å². The van der Waals surface area contributed by atoms with E-state index in [0.717, 1.165) is 48.5 Å². The van der Waals surface area contributed by atoms with Gasteiger partial charge in [0, 0.05) is 92.7 Å². The van der Waals surface area contributed by atoms with Crippen LogP contribution in [0.1, 0.15) is 84.5 Å². The van der Waals surface area contributed by atoms with Gasteiger partial charge in [-0.3, -0.25) is 33.6 Å². The van der Waals surface area contributed by atoms with Crippen LogP contribution in [-0.4, -0.2) is 235 Å². The second-order valence-corrected chi connectivity index (χ2v) is 22.7. The van der Waals surface area contributed by atoms with E-state index in [-0.39, 0.29) is 28.4 Å². The van der Waals surface area contributed by atoms with Crippen molar-refractivity contribution in [1.29, 1.82) is 0 Å². The third-order valence-electron chi connectivity index (χ3n) is 15.7. The minimum Gasteiger partial charge on any atom is -0.463 e. The molecule has 48 heteroatoms. The Bertz CT molecular complexity index is 3830. The monoisotopic (exact) mass is 1490 g/mol. The Labute approximate surface area is 601 Å². The Balaban J connectivity index is 0.00000807. The number of carbonyl (C=O) groups excluding carboxylic acids is 9. The van der Waals surface area contributed by atoms with Gasteiger partial charge in [-0.2, -0.15) is 0 Å². The minimum atomic E-state index is -2.31. The zero-order valence-corrected chi connectivity index (χ0v) is 56.2. The van der Waals surface area contributed by atoms with Crippen molar-refractivity contribution in [2.75, 3.05) is 26.3 Å². The molecule has 5 aliphatic rings. The molecule has 0 spiro atoms. The molecule has 4 saturated heterocycles. The molecule has 24 atom stereocenters. The second kappa shape index (κ2) is 41.2. The third kappa shape index (κ3) is 22.5. The van der Waals surface area contributed by atoms with Crippen LogP contribution < -0.4 is 0 Å². The van der Waals surface area contributed by atoms with Gasteiger partial charge < -0.3 is 80.5 Å². The highest BCUT2D eigenvalue weighted by Gasteiger charge is 2.60. The summed E-state index contributed by atoms with van der Waals surface area (Å²) in [4.78, 5) is 139. The summed E-state index contributed by atoms with van der Waals surface area (Å²) in [5.74, 6) is -9.67. The number of nitrogens with zero attached hydrogens (tertiary/aromatic N) is 21. The molecule has 0 bridgehead atoms. The fourth-order valence-electron chi connectivity index (χ4n) is 11.8. The first-order valence-corrected chi connectivity index (χ1v) is 31.0. The molecule has 9 unspecified atom stereocenters. The molecule has 4 aliphatic heterocycles. The molecule has 0 amide bonds. The molecule has 2 aromatic rings. The van der Waals surface area contributed by atoms with Crippen molar-refractivity contribution in [1.82, 2.24) is 0 Å². The SMILES string of the molecule is C.CC(=O)OCC1O[C@@H](OC[C@H]2O[C@@H](O[C@@H]3C(OC(C)=O)[C@H](N=[N+]=[N-])CC(N=[N+]=[N-])[C@H]3O[C@H]3OC(CN=[N+]=[N-])[C@@H](OC(C)=O)[C@H](OC(C)=O)C3N=[N+]=[N-])C(OC(C)=O)[C@H]2O[C@H]2O[C@@H](CN=[N+]=[N-])[C@@H](OC(C)=O)C(OC(C)=O)C2N=[N+]=[N-])C(OC(=O)c2ccccc2)[C@@H](OC(=O)c2ccccc2)[C@@H]1N=[N+]=[N-].[2HH].[B]. The van der Waals surface area contributed by atoms with E-state index in [1.54, 1.807) is 12.1 Å². The van der Waals surface area contributed by atoms with Gasteiger partial charge in [0.05, 0.1) is 49.0 Å². The van der Waals surface area contributed by atoms with Crippen molar-refractivity contribution >= 4 is 62.1 Å². The smallest absolute Gasteiger partial charge is 0.338 e. The molecule has 0 N–H and O–H groups in total. The highest BCUT2D eigenvalue weighted by Crippen LogP contribution is 2.42. The fraction of sp³-hybridized carbons (Fsp3) is 0.638. The number of ether oxygens (including phenoxy) is 17. The first-order valence-electron chi connectivity index (χ1n) is 31.0. The van der Waals surface area contributed by atoms with E-state index >= 15 is 0 Å². The van der Waals surface area contributed by atoms with Crippen LogP contribution in [0.25, 0.3) is 73.1 Å². The summed E-state index contributed by atoms with van der Waals surface area (Å²) in [5.41, 5.74) is 69.2. The topological polar surface area (TPSA) is 652 Å². The molecular weight excluding hydrogens is 1420 g/mol. The predicted octanol–water partition coefficient (Wildman–Crippen LogP) is 6.58. The van der Waals surface area contributed by atoms with Crippen LogP contribution in [0.15, 0.2) is 96.5 Å². The lowest BCUT2D eigenvalue weighted by atomic mass is 9.83. The summed E-state index contributed by atoms with van der Waals surface area (Å²) in [6.45, 7) is 3.16. The number of hydrogen-bond acceptors (Lipinski definition) is 33. The summed E-state index contributed by atoms with van der Waals surface area (Å²) in [5, 5.41) is 26.1. The van der Waals surface area contributed by atoms with Gasteiger partial charge in [0.1, 0.15) is 67.5 Å². The molecule has 2 aromatic carbocycles. The molecule has 5 fully saturated rings. The summed E-state index contributed by atoms with van der Waals surface area (Å²) in [6, 6.07) is 5.33. The highest BCUT2D eigenvalue weighted by atomic mass is 16.8. The van der Waals surface area contributed by atoms with Gasteiger partial charge in [-0.05, 0) is 69.4 Å². The van der Waals surface area contributed by atoms with Crippen molar-refractivity contribution in [3.05, 3.63) is 145 Å². The van der Waals surface area contributed by atoms with E-state index in [0.29, 0.717) is 0 Å². The summed E-state index contributed by atoms with van der Waals surface area (Å²) >= 11 is 0. The van der Waals surface area contributed by atoms with E-state index in [9.17, 15) is 81.9 Å². The van der Waals surface area contributed by atoms with E-state index in [1.165, 1.54) is 48.5 Å². The second-order valence-electron chi connectivity index (χ2n) is 22.7. The zero-order valence-electron chi connectivity index (χ0n) is 56.2. The van der Waals surface area contributed by atoms with Gasteiger partial charge in [-0.1, -0.05) is 79.6 Å². The van der Waals surface area contributed by atoms with Crippen molar-refractivity contribution in [3.8, 4) is 0 Å². The summed E-state index contributed by atoms with van der Waals surface area (Å²) in [6.07, 6.45) is -38.1. The normalized spacial score (nSPS) is 31.1. The standard InChI is InChI=1S/C57H65N21O26.CH4.B.H2/c1-23(79)88-21-36-38(69-76-62)46(100-52(86)30-14-10-8-11-15-30)51(101-53(87)31-16-12-9-13-17-31)56(98-36)89-22-37-45(103-55-40(71-78-64)48(94-28(6)84)44(92-26(4)82)35(97-55)20-66-73-59)50(95-29(7)85)57(99-37)104-49-41(90-24(2)80)32(67-74-60)18-33(68-75-61)42(49)102-54-39(70-77-63)47(93-27(5)83)43(91-25(3)81)34(96-54)19-65-72-58;;;/h8-17,32-51,54-57H,18-22H2,1-7H3;1H4;;1H/t32-,33?,34?,35+,36?,37-,38-,39?,40?,41?,42-,43-,44-,45+,46+,47-,48?,49-,50?,51?,54-,55-,56-,57+;;;/m1.../s1/i;;;1+1. The van der Waals surface area contributed by atoms with Gasteiger partial charge in [0.15, 0.2) is 67.9 Å². The predicted molar refractivity (Wildman–Crippen MR) is 348 cm³/mol. The molecule has 47 nitrogen and oxygen atoms in total. The Kier molecular flexibility index (Phi) is 33.1. The Morgan fingerprint density at radius 1 is 0.377 bits per heavy atom. The molecule has 4 heterocycles. The molecule has 0 aromatic heterocycles. The Morgan fingerprint density at radius 3 is 1.17 bits per heavy atom. The van der Waals surface area contributed by atoms with Crippen LogP contribution in [-0.2, 0) is 114 Å². The van der Waals surface area contributed by atoms with Gasteiger partial charge in [0.2, 0.25) is 0 Å². The molecule has 567 valence electrons. The lowest BCUT2D eigenvalue weighted by molar-refractivity contribution is -0.311. The van der Waals surface area contributed by atoms with E-state index in [2.05, 4.69) is 70.2 Å². The van der Waals surface area contributed by atoms with Gasteiger partial charge in [0.25, 0.3) is 0 Å². The largest absolute Gasteiger partial charge is 0.463 e. The van der Waals surface area contributed by atoms with Crippen LogP contribution in [0.3, 0.4) is 0 Å². The van der Waals surface area contributed by atoms with Crippen LogP contribution in [0.4, 0.5) is 0 Å². The van der Waals surface area contributed by atoms with Gasteiger partial charge >= 0.3 is 53.7 Å². The fourth-order valence-corrected chi connectivity index (χ4v) is 11.8. The average Bonchev–Trinajstić information content (AvgIpc) is 1.74. The molecule has 106 heavy (non-hydrogen) atoms. The van der Waals surface area contributed by atoms with Crippen molar-refractivity contribution in [2.24, 2.45) is 35.8 Å². The number of carbonyl (C=O) groups is 9. The third-order valence-corrected chi connectivity index (χ3v) is 15.7. The number of azide groups is 7. The number of hydrogen-bond donors (Lipinski definition) is 0. The lowest BCUT2D eigenvalue weighted by Gasteiger charge is -2.48. The number of esters is 9. The van der Waals surface area contributed by atoms with E-state index in [1.807, 2.05) is 0 Å². The quantitative estimate of drug-likeness (QED) is 0.0199. The van der Waals surface area contributed by atoms with Crippen LogP contribution in [0.2, 0.25) is 0 Å². The van der Waals surface area contributed by atoms with Gasteiger partial charge in [-0.15, -0.1) is 0 Å². The zero-order chi connectivity index (χ0) is 75.7. The number of rotatable bonds is 30. The molecule has 1 aliphatic carbocycles. The summed E-state index contributed by atoms with van der Waals surface area (Å²) in [7, 11) is 0. The van der Waals surface area contributed by atoms with Crippen LogP contribution >= 0.6 is 0 Å². The van der Waals surface area contributed by atoms with E-state index < -0.39 is 233 Å². The van der Waals surface area contributed by atoms with E-state index in [4.69, 9.17) is 80.5 Å². The first kappa shape index (κ1) is 85.2. The number of benzene rings is 2. The van der Waals surface area contributed by atoms with Gasteiger partial charge in [-0.25, -0.2) is 9.59 Å². The van der Waals surface area contributed by atoms with Crippen LogP contribution in [0, 0.1) is 0 Å². The lowest BCUT2D eigenvalue weighted by Crippen LogP contribution is -2.65. The molecule has 3 radical (unpaired) electrons. The van der Waals surface area contributed by atoms with Crippen molar-refractivity contribution < 1.29 is 125 Å². The maximum absolute atomic E-state index is 14.3. The summed E-state index contributed by atoms with van der Waals surface area (Å²) < 4.78 is 103. The molecule has 7 rings (SSSR count). The minimum absolute atomic E-state index is 0. The Hall–Kier alpha value is -11.4. The maximum atomic E-state index is 14.3.